The van der Waals surface area contributed by atoms with Crippen LogP contribution in [0.5, 0.6) is 0 Å². The highest BCUT2D eigenvalue weighted by Gasteiger charge is 2.43. The molecule has 1 rings (SSSR count). The van der Waals surface area contributed by atoms with Crippen molar-refractivity contribution in [2.75, 3.05) is 12.0 Å². The van der Waals surface area contributed by atoms with Gasteiger partial charge in [-0.25, -0.2) is 0 Å². The first-order chi connectivity index (χ1) is 9.47. The Hall–Kier alpha value is -0.710. The quantitative estimate of drug-likeness (QED) is 0.785. The Labute approximate surface area is 127 Å². The predicted molar refractivity (Wildman–Crippen MR) is 84.8 cm³/mol. The second-order valence-electron chi connectivity index (χ2n) is 5.67. The van der Waals surface area contributed by atoms with Crippen molar-refractivity contribution in [2.24, 2.45) is 5.92 Å². The maximum Gasteiger partial charge on any atom is 0.246 e. The molecule has 0 bridgehead atoms. The minimum Gasteiger partial charge on any atom is -0.342 e. The van der Waals surface area contributed by atoms with E-state index in [0.717, 1.165) is 18.6 Å². The lowest BCUT2D eigenvalue weighted by Crippen LogP contribution is -2.66. The summed E-state index contributed by atoms with van der Waals surface area (Å²) in [5, 5.41) is 2.92. The fourth-order valence-corrected chi connectivity index (χ4v) is 3.28. The minimum atomic E-state index is -0.355. The molecule has 0 aromatic carbocycles. The Bertz CT molecular complexity index is 349. The van der Waals surface area contributed by atoms with E-state index in [0.29, 0.717) is 6.42 Å². The zero-order chi connectivity index (χ0) is 15.3. The first-order valence-corrected chi connectivity index (χ1v) is 8.98. The Kier molecular flexibility index (Phi) is 6.86. The van der Waals surface area contributed by atoms with Gasteiger partial charge in [-0.1, -0.05) is 27.2 Å². The van der Waals surface area contributed by atoms with Crippen molar-refractivity contribution < 1.29 is 9.59 Å². The average Bonchev–Trinajstić information content (AvgIpc) is 2.45. The second kappa shape index (κ2) is 7.91. The van der Waals surface area contributed by atoms with Crippen LogP contribution in [-0.2, 0) is 9.59 Å². The van der Waals surface area contributed by atoms with Crippen molar-refractivity contribution in [3.63, 3.8) is 0 Å². The number of thioether (sulfide) groups is 1. The summed E-state index contributed by atoms with van der Waals surface area (Å²) in [5.41, 5.74) is 0. The lowest BCUT2D eigenvalue weighted by Gasteiger charge is -2.43. The molecule has 4 unspecified atom stereocenters. The first-order valence-electron chi connectivity index (χ1n) is 7.59. The van der Waals surface area contributed by atoms with Gasteiger partial charge in [-0.2, -0.15) is 11.8 Å². The summed E-state index contributed by atoms with van der Waals surface area (Å²) in [5.74, 6) is 1.30. The topological polar surface area (TPSA) is 49.4 Å². The molecule has 4 atom stereocenters. The lowest BCUT2D eigenvalue weighted by molar-refractivity contribution is -0.153. The molecule has 0 radical (unpaired) electrons. The van der Waals surface area contributed by atoms with Gasteiger partial charge >= 0.3 is 0 Å². The number of rotatable bonds is 7. The van der Waals surface area contributed by atoms with Crippen LogP contribution in [0.3, 0.4) is 0 Å². The van der Waals surface area contributed by atoms with Gasteiger partial charge in [-0.15, -0.1) is 0 Å². The number of nitrogens with zero attached hydrogens (tertiary/aromatic N) is 1. The molecule has 0 saturated carbocycles. The minimum absolute atomic E-state index is 0.00778. The van der Waals surface area contributed by atoms with Crippen molar-refractivity contribution in [2.45, 2.75) is 65.1 Å². The zero-order valence-electron chi connectivity index (χ0n) is 13.3. The SMILES string of the molecule is CCC(C)C1NC(=O)C(CC)N(C(C)CCSC)C1=O. The fraction of sp³-hybridized carbons (Fsp3) is 0.867. The molecule has 1 N–H and O–H groups in total. The maximum absolute atomic E-state index is 12.7. The molecule has 0 aliphatic carbocycles. The number of carbonyl (C=O) groups excluding carboxylic acids is 2. The van der Waals surface area contributed by atoms with Gasteiger partial charge < -0.3 is 10.2 Å². The third-order valence-electron chi connectivity index (χ3n) is 4.27. The molecule has 5 heteroatoms. The van der Waals surface area contributed by atoms with E-state index >= 15 is 0 Å². The van der Waals surface area contributed by atoms with Crippen molar-refractivity contribution in [1.82, 2.24) is 10.2 Å². The number of hydrogen-bond acceptors (Lipinski definition) is 3. The van der Waals surface area contributed by atoms with Gasteiger partial charge in [-0.3, -0.25) is 9.59 Å². The summed E-state index contributed by atoms with van der Waals surface area (Å²) in [6.07, 6.45) is 4.57. The Balaban J connectivity index is 2.94. The normalized spacial score (nSPS) is 26.4. The molecule has 1 heterocycles. The van der Waals surface area contributed by atoms with E-state index in [-0.39, 0.29) is 35.9 Å². The number of hydrogen-bond donors (Lipinski definition) is 1. The van der Waals surface area contributed by atoms with Crippen LogP contribution in [0.15, 0.2) is 0 Å². The van der Waals surface area contributed by atoms with E-state index < -0.39 is 0 Å². The largest absolute Gasteiger partial charge is 0.342 e. The number of piperazine rings is 1. The Morgan fingerprint density at radius 2 is 1.95 bits per heavy atom. The van der Waals surface area contributed by atoms with Crippen LogP contribution < -0.4 is 5.32 Å². The smallest absolute Gasteiger partial charge is 0.246 e. The molecule has 1 fully saturated rings. The molecule has 2 amide bonds. The van der Waals surface area contributed by atoms with Crippen molar-refractivity contribution >= 4 is 23.6 Å². The highest BCUT2D eigenvalue weighted by atomic mass is 32.2. The second-order valence-corrected chi connectivity index (χ2v) is 6.66. The van der Waals surface area contributed by atoms with Crippen LogP contribution in [-0.4, -0.2) is 46.8 Å². The van der Waals surface area contributed by atoms with Crippen molar-refractivity contribution in [3.05, 3.63) is 0 Å². The van der Waals surface area contributed by atoms with E-state index in [1.807, 2.05) is 18.7 Å². The molecule has 4 nitrogen and oxygen atoms in total. The van der Waals surface area contributed by atoms with Crippen LogP contribution >= 0.6 is 11.8 Å². The van der Waals surface area contributed by atoms with Crippen molar-refractivity contribution in [1.29, 1.82) is 0 Å². The summed E-state index contributed by atoms with van der Waals surface area (Å²) in [6.45, 7) is 8.11. The van der Waals surface area contributed by atoms with Gasteiger partial charge in [0, 0.05) is 6.04 Å². The highest BCUT2D eigenvalue weighted by Crippen LogP contribution is 2.23. The van der Waals surface area contributed by atoms with E-state index in [4.69, 9.17) is 0 Å². The van der Waals surface area contributed by atoms with Gasteiger partial charge in [0.15, 0.2) is 0 Å². The van der Waals surface area contributed by atoms with Crippen molar-refractivity contribution in [3.8, 4) is 0 Å². The maximum atomic E-state index is 12.7. The number of carbonyl (C=O) groups is 2. The molecule has 1 aliphatic rings. The van der Waals surface area contributed by atoms with E-state index in [1.165, 1.54) is 0 Å². The molecule has 0 spiro atoms. The lowest BCUT2D eigenvalue weighted by atomic mass is 9.92. The van der Waals surface area contributed by atoms with E-state index in [2.05, 4.69) is 25.4 Å². The molecular weight excluding hydrogens is 272 g/mol. The molecule has 20 heavy (non-hydrogen) atoms. The Morgan fingerprint density at radius 3 is 2.45 bits per heavy atom. The summed E-state index contributed by atoms with van der Waals surface area (Å²) in [4.78, 5) is 26.9. The molecule has 0 aromatic heterocycles. The fourth-order valence-electron chi connectivity index (χ4n) is 2.71. The first kappa shape index (κ1) is 17.3. The van der Waals surface area contributed by atoms with Gasteiger partial charge in [0.25, 0.3) is 0 Å². The Morgan fingerprint density at radius 1 is 1.30 bits per heavy atom. The molecular formula is C15H28N2O2S. The molecule has 1 saturated heterocycles. The van der Waals surface area contributed by atoms with Crippen LogP contribution in [0.1, 0.15) is 47.0 Å². The van der Waals surface area contributed by atoms with Gasteiger partial charge in [0.1, 0.15) is 12.1 Å². The number of amides is 2. The average molecular weight is 300 g/mol. The van der Waals surface area contributed by atoms with Gasteiger partial charge in [-0.05, 0) is 37.7 Å². The third-order valence-corrected chi connectivity index (χ3v) is 4.91. The van der Waals surface area contributed by atoms with E-state index in [9.17, 15) is 9.59 Å². The predicted octanol–water partition coefficient (Wildman–Crippen LogP) is 2.28. The number of nitrogens with one attached hydrogen (secondary N) is 1. The molecule has 1 aliphatic heterocycles. The standard InChI is InChI=1S/C15H28N2O2S/c1-6-10(3)13-15(19)17(11(4)8-9-20-5)12(7-2)14(18)16-13/h10-13H,6-9H2,1-5H3,(H,16,18). The highest BCUT2D eigenvalue weighted by molar-refractivity contribution is 7.98. The van der Waals surface area contributed by atoms with Crippen LogP contribution in [0.2, 0.25) is 0 Å². The summed E-state index contributed by atoms with van der Waals surface area (Å²) < 4.78 is 0. The van der Waals surface area contributed by atoms with Crippen LogP contribution in [0, 0.1) is 5.92 Å². The van der Waals surface area contributed by atoms with Gasteiger partial charge in [0.05, 0.1) is 0 Å². The van der Waals surface area contributed by atoms with E-state index in [1.54, 1.807) is 11.8 Å². The summed E-state index contributed by atoms with van der Waals surface area (Å²) >= 11 is 1.78. The van der Waals surface area contributed by atoms with Crippen LogP contribution in [0.25, 0.3) is 0 Å². The molecule has 116 valence electrons. The summed E-state index contributed by atoms with van der Waals surface area (Å²) in [7, 11) is 0. The van der Waals surface area contributed by atoms with Gasteiger partial charge in [0.2, 0.25) is 11.8 Å². The zero-order valence-corrected chi connectivity index (χ0v) is 14.1. The summed E-state index contributed by atoms with van der Waals surface area (Å²) in [6, 6.07) is -0.538. The monoisotopic (exact) mass is 300 g/mol. The molecule has 0 aromatic rings. The third kappa shape index (κ3) is 3.68. The van der Waals surface area contributed by atoms with Crippen LogP contribution in [0.4, 0.5) is 0 Å².